The second-order valence-electron chi connectivity index (χ2n) is 2.64. The molecule has 1 aliphatic rings. The fourth-order valence-electron chi connectivity index (χ4n) is 1.02. The van der Waals surface area contributed by atoms with Crippen LogP contribution in [-0.4, -0.2) is 23.0 Å². The summed E-state index contributed by atoms with van der Waals surface area (Å²) in [6.07, 6.45) is 0.948. The van der Waals surface area contributed by atoms with Crippen LogP contribution in [0.15, 0.2) is 0 Å². The van der Waals surface area contributed by atoms with E-state index in [0.29, 0.717) is 6.04 Å². The summed E-state index contributed by atoms with van der Waals surface area (Å²) in [4.78, 5) is 11.1. The number of hydrogen-bond acceptors (Lipinski definition) is 2. The van der Waals surface area contributed by atoms with E-state index in [0.717, 1.165) is 12.2 Å². The van der Waals surface area contributed by atoms with Gasteiger partial charge in [-0.25, -0.2) is 0 Å². The first-order chi connectivity index (χ1) is 4.74. The summed E-state index contributed by atoms with van der Waals surface area (Å²) in [5, 5.41) is 3.13. The standard InChI is InChI=1S/C7H13NOS/c1-3-6-7(9)8-5(2)4-10-6/h5-6H,3-4H2,1-2H3,(H,8,9). The van der Waals surface area contributed by atoms with Crippen molar-refractivity contribution in [2.24, 2.45) is 0 Å². The summed E-state index contributed by atoms with van der Waals surface area (Å²) in [6.45, 7) is 4.09. The molecule has 0 aromatic heterocycles. The summed E-state index contributed by atoms with van der Waals surface area (Å²) < 4.78 is 0. The van der Waals surface area contributed by atoms with Gasteiger partial charge in [0.2, 0.25) is 5.91 Å². The smallest absolute Gasteiger partial charge is 0.233 e. The predicted octanol–water partition coefficient (Wildman–Crippen LogP) is 1.02. The van der Waals surface area contributed by atoms with E-state index in [4.69, 9.17) is 0 Å². The van der Waals surface area contributed by atoms with E-state index in [1.54, 1.807) is 11.8 Å². The zero-order valence-electron chi connectivity index (χ0n) is 6.39. The molecule has 1 heterocycles. The minimum Gasteiger partial charge on any atom is -0.352 e. The average molecular weight is 159 g/mol. The van der Waals surface area contributed by atoms with Crippen LogP contribution in [0.3, 0.4) is 0 Å². The van der Waals surface area contributed by atoms with Gasteiger partial charge in [0.1, 0.15) is 0 Å². The normalized spacial score (nSPS) is 33.6. The lowest BCUT2D eigenvalue weighted by Crippen LogP contribution is -2.44. The van der Waals surface area contributed by atoms with Gasteiger partial charge in [0.05, 0.1) is 5.25 Å². The van der Waals surface area contributed by atoms with Crippen LogP contribution in [0.1, 0.15) is 20.3 Å². The molecule has 1 saturated heterocycles. The Hall–Kier alpha value is -0.180. The largest absolute Gasteiger partial charge is 0.352 e. The molecular weight excluding hydrogens is 146 g/mol. The number of rotatable bonds is 1. The lowest BCUT2D eigenvalue weighted by Gasteiger charge is -2.25. The molecule has 0 aliphatic carbocycles. The van der Waals surface area contributed by atoms with Crippen molar-refractivity contribution in [3.05, 3.63) is 0 Å². The molecule has 0 saturated carbocycles. The molecule has 0 aromatic carbocycles. The summed E-state index contributed by atoms with van der Waals surface area (Å²) in [5.74, 6) is 1.27. The van der Waals surface area contributed by atoms with Gasteiger partial charge in [-0.15, -0.1) is 11.8 Å². The lowest BCUT2D eigenvalue weighted by atomic mass is 10.3. The van der Waals surface area contributed by atoms with E-state index in [-0.39, 0.29) is 11.2 Å². The number of carbonyl (C=O) groups excluding carboxylic acids is 1. The molecule has 1 amide bonds. The zero-order valence-corrected chi connectivity index (χ0v) is 7.20. The van der Waals surface area contributed by atoms with Gasteiger partial charge in [-0.3, -0.25) is 4.79 Å². The second-order valence-corrected chi connectivity index (χ2v) is 3.88. The van der Waals surface area contributed by atoms with Crippen LogP contribution in [-0.2, 0) is 4.79 Å². The van der Waals surface area contributed by atoms with E-state index in [1.807, 2.05) is 13.8 Å². The van der Waals surface area contributed by atoms with Crippen molar-refractivity contribution < 1.29 is 4.79 Å². The van der Waals surface area contributed by atoms with Crippen molar-refractivity contribution in [2.45, 2.75) is 31.6 Å². The number of carbonyl (C=O) groups is 1. The Kier molecular flexibility index (Phi) is 2.60. The SMILES string of the molecule is CCC1SCC(C)NC1=O. The highest BCUT2D eigenvalue weighted by atomic mass is 32.2. The Morgan fingerprint density at radius 3 is 3.00 bits per heavy atom. The van der Waals surface area contributed by atoms with E-state index in [9.17, 15) is 4.79 Å². The molecule has 0 radical (unpaired) electrons. The van der Waals surface area contributed by atoms with Crippen LogP contribution in [0.5, 0.6) is 0 Å². The van der Waals surface area contributed by atoms with Crippen molar-refractivity contribution in [1.82, 2.24) is 5.32 Å². The predicted molar refractivity (Wildman–Crippen MR) is 44.1 cm³/mol. The van der Waals surface area contributed by atoms with Gasteiger partial charge in [0.15, 0.2) is 0 Å². The van der Waals surface area contributed by atoms with Crippen LogP contribution < -0.4 is 5.32 Å². The minimum atomic E-state index is 0.205. The summed E-state index contributed by atoms with van der Waals surface area (Å²) in [5.41, 5.74) is 0. The molecule has 1 fully saturated rings. The Bertz CT molecular complexity index is 138. The maximum atomic E-state index is 11.1. The molecule has 0 spiro atoms. The summed E-state index contributed by atoms with van der Waals surface area (Å²) in [6, 6.07) is 0.361. The molecule has 3 heteroatoms. The monoisotopic (exact) mass is 159 g/mol. The molecule has 2 nitrogen and oxygen atoms in total. The Balaban J connectivity index is 2.43. The minimum absolute atomic E-state index is 0.205. The number of nitrogens with one attached hydrogen (secondary N) is 1. The van der Waals surface area contributed by atoms with Gasteiger partial charge < -0.3 is 5.32 Å². The van der Waals surface area contributed by atoms with Crippen LogP contribution in [0.2, 0.25) is 0 Å². The third-order valence-electron chi connectivity index (χ3n) is 1.60. The molecule has 0 bridgehead atoms. The Labute approximate surface area is 65.8 Å². The van der Waals surface area contributed by atoms with E-state index < -0.39 is 0 Å². The third-order valence-corrected chi connectivity index (χ3v) is 3.24. The van der Waals surface area contributed by atoms with Crippen molar-refractivity contribution in [2.75, 3.05) is 5.75 Å². The molecule has 10 heavy (non-hydrogen) atoms. The van der Waals surface area contributed by atoms with Crippen molar-refractivity contribution in [1.29, 1.82) is 0 Å². The molecule has 1 aliphatic heterocycles. The van der Waals surface area contributed by atoms with E-state index in [2.05, 4.69) is 5.32 Å². The maximum Gasteiger partial charge on any atom is 0.233 e. The number of thioether (sulfide) groups is 1. The summed E-state index contributed by atoms with van der Waals surface area (Å²) >= 11 is 1.77. The number of amides is 1. The lowest BCUT2D eigenvalue weighted by molar-refractivity contribution is -0.121. The first-order valence-electron chi connectivity index (χ1n) is 3.66. The topological polar surface area (TPSA) is 29.1 Å². The van der Waals surface area contributed by atoms with Gasteiger partial charge >= 0.3 is 0 Å². The van der Waals surface area contributed by atoms with Crippen molar-refractivity contribution in [3.8, 4) is 0 Å². The molecule has 0 aromatic rings. The molecule has 2 unspecified atom stereocenters. The molecule has 1 N–H and O–H groups in total. The van der Waals surface area contributed by atoms with Gasteiger partial charge in [-0.05, 0) is 13.3 Å². The fraction of sp³-hybridized carbons (Fsp3) is 0.857. The van der Waals surface area contributed by atoms with Crippen LogP contribution in [0.25, 0.3) is 0 Å². The first-order valence-corrected chi connectivity index (χ1v) is 4.71. The highest BCUT2D eigenvalue weighted by Gasteiger charge is 2.23. The Morgan fingerprint density at radius 2 is 2.50 bits per heavy atom. The van der Waals surface area contributed by atoms with Crippen molar-refractivity contribution >= 4 is 17.7 Å². The van der Waals surface area contributed by atoms with Gasteiger partial charge in [0.25, 0.3) is 0 Å². The fourth-order valence-corrected chi connectivity index (χ4v) is 2.08. The molecular formula is C7H13NOS. The van der Waals surface area contributed by atoms with Crippen LogP contribution >= 0.6 is 11.8 Å². The average Bonchev–Trinajstić information content (AvgIpc) is 1.88. The molecule has 1 rings (SSSR count). The maximum absolute atomic E-state index is 11.1. The second kappa shape index (κ2) is 3.28. The summed E-state index contributed by atoms with van der Waals surface area (Å²) in [7, 11) is 0. The Morgan fingerprint density at radius 1 is 1.80 bits per heavy atom. The quantitative estimate of drug-likeness (QED) is 0.619. The van der Waals surface area contributed by atoms with E-state index in [1.165, 1.54) is 0 Å². The zero-order chi connectivity index (χ0) is 7.56. The van der Waals surface area contributed by atoms with Gasteiger partial charge in [-0.1, -0.05) is 6.92 Å². The highest BCUT2D eigenvalue weighted by Crippen LogP contribution is 2.19. The van der Waals surface area contributed by atoms with Gasteiger partial charge in [-0.2, -0.15) is 0 Å². The van der Waals surface area contributed by atoms with E-state index >= 15 is 0 Å². The molecule has 2 atom stereocenters. The third kappa shape index (κ3) is 1.66. The van der Waals surface area contributed by atoms with Gasteiger partial charge in [0, 0.05) is 11.8 Å². The van der Waals surface area contributed by atoms with Crippen LogP contribution in [0.4, 0.5) is 0 Å². The first kappa shape index (κ1) is 7.92. The number of hydrogen-bond donors (Lipinski definition) is 1. The molecule has 58 valence electrons. The van der Waals surface area contributed by atoms with Crippen molar-refractivity contribution in [3.63, 3.8) is 0 Å². The van der Waals surface area contributed by atoms with Crippen LogP contribution in [0, 0.1) is 0 Å². The highest BCUT2D eigenvalue weighted by molar-refractivity contribution is 8.00.